The molecule has 0 aliphatic heterocycles. The van der Waals surface area contributed by atoms with Crippen molar-refractivity contribution in [2.24, 2.45) is 14.1 Å². The largest absolute Gasteiger partial charge is 0.423 e. The monoisotopic (exact) mass is 283 g/mol. The number of carbonyl (C=O) groups excluding carboxylic acids is 1. The Labute approximate surface area is 120 Å². The van der Waals surface area contributed by atoms with Crippen LogP contribution in [0, 0.1) is 0 Å². The summed E-state index contributed by atoms with van der Waals surface area (Å²) >= 11 is 0. The zero-order valence-electron chi connectivity index (χ0n) is 11.6. The van der Waals surface area contributed by atoms with Crippen molar-refractivity contribution in [1.82, 2.24) is 14.1 Å². The van der Waals surface area contributed by atoms with Gasteiger partial charge in [0.1, 0.15) is 11.3 Å². The highest BCUT2D eigenvalue weighted by atomic mass is 16.5. The van der Waals surface area contributed by atoms with Crippen LogP contribution in [0.1, 0.15) is 10.4 Å². The molecule has 0 radical (unpaired) electrons. The minimum Gasteiger partial charge on any atom is -0.423 e. The van der Waals surface area contributed by atoms with Gasteiger partial charge in [0.2, 0.25) is 0 Å². The molecule has 0 aliphatic carbocycles. The van der Waals surface area contributed by atoms with Gasteiger partial charge in [0.05, 0.1) is 17.4 Å². The van der Waals surface area contributed by atoms with E-state index in [0.717, 1.165) is 11.0 Å². The molecule has 2 heterocycles. The fraction of sp³-hybridized carbons (Fsp3) is 0.133. The van der Waals surface area contributed by atoms with Crippen LogP contribution in [0.15, 0.2) is 47.7 Å². The maximum Gasteiger partial charge on any atom is 0.349 e. The van der Waals surface area contributed by atoms with E-state index in [-0.39, 0.29) is 11.1 Å². The summed E-state index contributed by atoms with van der Waals surface area (Å²) in [6.07, 6.45) is 3.27. The molecule has 0 spiro atoms. The Morgan fingerprint density at radius 3 is 2.81 bits per heavy atom. The lowest BCUT2D eigenvalue weighted by Gasteiger charge is -2.05. The van der Waals surface area contributed by atoms with Crippen LogP contribution in [0.4, 0.5) is 0 Å². The summed E-state index contributed by atoms with van der Waals surface area (Å²) in [6, 6.07) is 8.23. The number of aromatic nitrogens is 3. The Balaban J connectivity index is 1.92. The highest BCUT2D eigenvalue weighted by Gasteiger charge is 2.14. The summed E-state index contributed by atoms with van der Waals surface area (Å²) in [5, 5.41) is 0. The predicted molar refractivity (Wildman–Crippen MR) is 77.4 cm³/mol. The quantitative estimate of drug-likeness (QED) is 0.528. The molecule has 0 bridgehead atoms. The summed E-state index contributed by atoms with van der Waals surface area (Å²) in [5.41, 5.74) is 1.27. The molecule has 0 amide bonds. The molecule has 0 saturated heterocycles. The Morgan fingerprint density at radius 1 is 1.19 bits per heavy atom. The van der Waals surface area contributed by atoms with Gasteiger partial charge in [-0.25, -0.2) is 9.78 Å². The molecule has 106 valence electrons. The number of benzene rings is 1. The van der Waals surface area contributed by atoms with Crippen LogP contribution in [0.2, 0.25) is 0 Å². The van der Waals surface area contributed by atoms with Gasteiger partial charge in [-0.1, -0.05) is 0 Å². The Morgan fingerprint density at radius 2 is 2.00 bits per heavy atom. The van der Waals surface area contributed by atoms with Crippen molar-refractivity contribution in [3.05, 3.63) is 58.8 Å². The van der Waals surface area contributed by atoms with E-state index in [9.17, 15) is 9.59 Å². The molecule has 0 saturated carbocycles. The summed E-state index contributed by atoms with van der Waals surface area (Å²) in [6.45, 7) is 0. The number of imidazole rings is 1. The Hall–Kier alpha value is -2.89. The lowest BCUT2D eigenvalue weighted by molar-refractivity contribution is 0.0732. The van der Waals surface area contributed by atoms with Crippen LogP contribution in [-0.4, -0.2) is 20.1 Å². The van der Waals surface area contributed by atoms with Gasteiger partial charge in [0.25, 0.3) is 5.56 Å². The molecule has 2 aromatic heterocycles. The molecule has 0 aliphatic rings. The zero-order chi connectivity index (χ0) is 15.0. The van der Waals surface area contributed by atoms with Crippen LogP contribution in [0.25, 0.3) is 11.0 Å². The van der Waals surface area contributed by atoms with E-state index in [1.165, 1.54) is 10.6 Å². The van der Waals surface area contributed by atoms with E-state index in [2.05, 4.69) is 4.98 Å². The zero-order valence-corrected chi connectivity index (χ0v) is 11.6. The van der Waals surface area contributed by atoms with Crippen LogP contribution in [0.3, 0.4) is 0 Å². The molecule has 3 aromatic rings. The molecular formula is C15H13N3O3. The van der Waals surface area contributed by atoms with Gasteiger partial charge >= 0.3 is 5.97 Å². The van der Waals surface area contributed by atoms with Crippen LogP contribution in [-0.2, 0) is 14.1 Å². The molecule has 0 N–H and O–H groups in total. The first kappa shape index (κ1) is 13.1. The maximum absolute atomic E-state index is 12.1. The fourth-order valence-corrected chi connectivity index (χ4v) is 2.09. The second-order valence-electron chi connectivity index (χ2n) is 4.73. The SMILES string of the molecule is Cn1cccc(C(=O)Oc2ccc3c(c2)ncn3C)c1=O. The summed E-state index contributed by atoms with van der Waals surface area (Å²) < 4.78 is 8.45. The molecule has 0 atom stereocenters. The number of fused-ring (bicyclic) bond motifs is 1. The number of nitrogens with zero attached hydrogens (tertiary/aromatic N) is 3. The van der Waals surface area contributed by atoms with Gasteiger partial charge in [-0.15, -0.1) is 0 Å². The standard InChI is InChI=1S/C15H13N3O3/c1-17-7-3-4-11(14(17)19)15(20)21-10-5-6-13-12(8-10)16-9-18(13)2/h3-9H,1-2H3. The molecular weight excluding hydrogens is 270 g/mol. The van der Waals surface area contributed by atoms with Crippen molar-refractivity contribution in [2.45, 2.75) is 0 Å². The maximum atomic E-state index is 12.1. The minimum atomic E-state index is -0.675. The van der Waals surface area contributed by atoms with E-state index in [1.807, 2.05) is 17.7 Å². The third-order valence-corrected chi connectivity index (χ3v) is 3.25. The first-order valence-corrected chi connectivity index (χ1v) is 6.35. The number of carbonyl (C=O) groups is 1. The van der Waals surface area contributed by atoms with Crippen LogP contribution >= 0.6 is 0 Å². The first-order valence-electron chi connectivity index (χ1n) is 6.35. The second kappa shape index (κ2) is 4.90. The van der Waals surface area contributed by atoms with Gasteiger partial charge in [0.15, 0.2) is 0 Å². The number of ether oxygens (including phenoxy) is 1. The highest BCUT2D eigenvalue weighted by molar-refractivity contribution is 5.91. The summed E-state index contributed by atoms with van der Waals surface area (Å²) in [7, 11) is 3.47. The second-order valence-corrected chi connectivity index (χ2v) is 4.73. The van der Waals surface area contributed by atoms with Gasteiger partial charge in [0, 0.05) is 26.4 Å². The van der Waals surface area contributed by atoms with E-state index < -0.39 is 5.97 Å². The smallest absolute Gasteiger partial charge is 0.349 e. The molecule has 3 rings (SSSR count). The van der Waals surface area contributed by atoms with Crippen molar-refractivity contribution in [1.29, 1.82) is 0 Å². The molecule has 1 aromatic carbocycles. The Bertz CT molecular complexity index is 893. The number of hydrogen-bond acceptors (Lipinski definition) is 4. The topological polar surface area (TPSA) is 66.1 Å². The van der Waals surface area contributed by atoms with Gasteiger partial charge in [-0.3, -0.25) is 4.79 Å². The van der Waals surface area contributed by atoms with E-state index in [0.29, 0.717) is 5.75 Å². The number of hydrogen-bond donors (Lipinski definition) is 0. The summed E-state index contributed by atoms with van der Waals surface area (Å²) in [5.74, 6) is -0.316. The lowest BCUT2D eigenvalue weighted by atomic mass is 10.2. The number of aryl methyl sites for hydroxylation is 2. The van der Waals surface area contributed by atoms with Crippen molar-refractivity contribution in [2.75, 3.05) is 0 Å². The molecule has 21 heavy (non-hydrogen) atoms. The average molecular weight is 283 g/mol. The van der Waals surface area contributed by atoms with Crippen LogP contribution < -0.4 is 10.3 Å². The van der Waals surface area contributed by atoms with Crippen molar-refractivity contribution < 1.29 is 9.53 Å². The van der Waals surface area contributed by atoms with Crippen molar-refractivity contribution >= 4 is 17.0 Å². The van der Waals surface area contributed by atoms with E-state index in [1.54, 1.807) is 37.8 Å². The minimum absolute atomic E-state index is 0.00104. The van der Waals surface area contributed by atoms with Gasteiger partial charge in [-0.2, -0.15) is 0 Å². The van der Waals surface area contributed by atoms with Crippen molar-refractivity contribution in [3.8, 4) is 5.75 Å². The van der Waals surface area contributed by atoms with Crippen LogP contribution in [0.5, 0.6) is 5.75 Å². The average Bonchev–Trinajstić information content (AvgIpc) is 2.83. The number of esters is 1. The number of pyridine rings is 1. The Kier molecular flexibility index (Phi) is 3.06. The molecule has 0 fully saturated rings. The first-order chi connectivity index (χ1) is 10.1. The highest BCUT2D eigenvalue weighted by Crippen LogP contribution is 2.19. The van der Waals surface area contributed by atoms with E-state index >= 15 is 0 Å². The number of rotatable bonds is 2. The normalized spacial score (nSPS) is 10.8. The molecule has 0 unspecified atom stereocenters. The predicted octanol–water partition coefficient (Wildman–Crippen LogP) is 1.49. The lowest BCUT2D eigenvalue weighted by Crippen LogP contribution is -2.25. The third kappa shape index (κ3) is 2.31. The van der Waals surface area contributed by atoms with E-state index in [4.69, 9.17) is 4.74 Å². The summed E-state index contributed by atoms with van der Waals surface area (Å²) in [4.78, 5) is 28.1. The van der Waals surface area contributed by atoms with Crippen molar-refractivity contribution in [3.63, 3.8) is 0 Å². The third-order valence-electron chi connectivity index (χ3n) is 3.25. The molecule has 6 heteroatoms. The van der Waals surface area contributed by atoms with Gasteiger partial charge in [-0.05, 0) is 24.3 Å². The molecule has 6 nitrogen and oxygen atoms in total. The van der Waals surface area contributed by atoms with Gasteiger partial charge < -0.3 is 13.9 Å². The fourth-order valence-electron chi connectivity index (χ4n) is 2.09.